The Morgan fingerprint density at radius 1 is 0.407 bits per heavy atom. The molecule has 0 aromatic carbocycles. The average molecular weight is 827 g/mol. The molecule has 0 aliphatic heterocycles. The molecule has 0 saturated carbocycles. The van der Waals surface area contributed by atoms with Gasteiger partial charge in [0, 0.05) is 12.8 Å². The van der Waals surface area contributed by atoms with Crippen molar-refractivity contribution in [1.82, 2.24) is 0 Å². The quantitative estimate of drug-likeness (QED) is 0.0376. The van der Waals surface area contributed by atoms with E-state index >= 15 is 0 Å². The molecule has 1 atom stereocenters. The second kappa shape index (κ2) is 50.2. The van der Waals surface area contributed by atoms with Crippen molar-refractivity contribution in [2.45, 2.75) is 270 Å². The predicted octanol–water partition coefficient (Wildman–Crippen LogP) is 16.9. The Bertz CT molecular complexity index is 981. The summed E-state index contributed by atoms with van der Waals surface area (Å²) in [5, 5.41) is 9.62. The van der Waals surface area contributed by atoms with Crippen molar-refractivity contribution in [3.05, 3.63) is 48.6 Å². The smallest absolute Gasteiger partial charge is 0.306 e. The Labute approximate surface area is 367 Å². The number of aliphatic hydroxyl groups is 1. The van der Waals surface area contributed by atoms with Crippen molar-refractivity contribution in [3.8, 4) is 0 Å². The molecule has 0 bridgehead atoms. The van der Waals surface area contributed by atoms with E-state index in [9.17, 15) is 14.7 Å². The molecule has 0 heterocycles. The molecule has 59 heavy (non-hydrogen) atoms. The SMILES string of the molecule is CC/C=C\C/C=C\C/C=C\C/C=C\CCCCCCCCCCCCCCCCCCC(=O)OC(CO)COC(=O)CCCCCCCCCCCCCCCCCC. The topological polar surface area (TPSA) is 72.8 Å². The lowest BCUT2D eigenvalue weighted by molar-refractivity contribution is -0.161. The number of rotatable bonds is 47. The van der Waals surface area contributed by atoms with E-state index in [0.717, 1.165) is 64.2 Å². The zero-order valence-electron chi connectivity index (χ0n) is 39.3. The molecule has 0 amide bonds. The summed E-state index contributed by atoms with van der Waals surface area (Å²) >= 11 is 0. The van der Waals surface area contributed by atoms with Crippen molar-refractivity contribution in [2.24, 2.45) is 0 Å². The monoisotopic (exact) mass is 827 g/mol. The Balaban J connectivity index is 3.45. The molecule has 0 aromatic heterocycles. The van der Waals surface area contributed by atoms with Crippen LogP contribution in [-0.2, 0) is 19.1 Å². The van der Waals surface area contributed by atoms with Gasteiger partial charge in [0.25, 0.3) is 0 Å². The van der Waals surface area contributed by atoms with Gasteiger partial charge in [-0.25, -0.2) is 0 Å². The van der Waals surface area contributed by atoms with Gasteiger partial charge < -0.3 is 14.6 Å². The summed E-state index contributed by atoms with van der Waals surface area (Å²) in [6, 6.07) is 0. The van der Waals surface area contributed by atoms with Crippen molar-refractivity contribution in [3.63, 3.8) is 0 Å². The van der Waals surface area contributed by atoms with Gasteiger partial charge in [0.05, 0.1) is 6.61 Å². The van der Waals surface area contributed by atoms with Crippen molar-refractivity contribution < 1.29 is 24.2 Å². The fraction of sp³-hybridized carbons (Fsp3) is 0.815. The molecule has 0 aliphatic carbocycles. The lowest BCUT2D eigenvalue weighted by Crippen LogP contribution is -2.28. The van der Waals surface area contributed by atoms with Gasteiger partial charge in [-0.2, -0.15) is 0 Å². The predicted molar refractivity (Wildman–Crippen MR) is 256 cm³/mol. The van der Waals surface area contributed by atoms with Crippen LogP contribution in [0.1, 0.15) is 264 Å². The summed E-state index contributed by atoms with van der Waals surface area (Å²) in [5.74, 6) is -0.577. The zero-order valence-corrected chi connectivity index (χ0v) is 39.3. The van der Waals surface area contributed by atoms with E-state index in [2.05, 4.69) is 62.5 Å². The van der Waals surface area contributed by atoms with Crippen LogP contribution in [-0.4, -0.2) is 36.4 Å². The molecule has 0 aliphatic rings. The molecule has 5 heteroatoms. The Morgan fingerprint density at radius 3 is 1.10 bits per heavy atom. The molecule has 5 nitrogen and oxygen atoms in total. The number of aliphatic hydroxyl groups excluding tert-OH is 1. The minimum absolute atomic E-state index is 0.0614. The summed E-state index contributed by atoms with van der Waals surface area (Å²) in [5.41, 5.74) is 0. The van der Waals surface area contributed by atoms with Gasteiger partial charge in [0.15, 0.2) is 6.10 Å². The Kier molecular flexibility index (Phi) is 48.4. The first-order valence-electron chi connectivity index (χ1n) is 25.7. The van der Waals surface area contributed by atoms with Gasteiger partial charge in [0.1, 0.15) is 6.61 Å². The fourth-order valence-electron chi connectivity index (χ4n) is 7.55. The highest BCUT2D eigenvalue weighted by atomic mass is 16.6. The van der Waals surface area contributed by atoms with E-state index in [1.165, 1.54) is 173 Å². The van der Waals surface area contributed by atoms with Crippen molar-refractivity contribution >= 4 is 11.9 Å². The maximum Gasteiger partial charge on any atom is 0.306 e. The first-order valence-corrected chi connectivity index (χ1v) is 25.7. The van der Waals surface area contributed by atoms with Crippen LogP contribution in [0.4, 0.5) is 0 Å². The minimum Gasteiger partial charge on any atom is -0.462 e. The summed E-state index contributed by atoms with van der Waals surface area (Å²) < 4.78 is 10.7. The van der Waals surface area contributed by atoms with Crippen LogP contribution in [0.2, 0.25) is 0 Å². The lowest BCUT2D eigenvalue weighted by Gasteiger charge is -2.15. The third kappa shape index (κ3) is 48.4. The highest BCUT2D eigenvalue weighted by Gasteiger charge is 2.16. The van der Waals surface area contributed by atoms with Gasteiger partial charge >= 0.3 is 11.9 Å². The van der Waals surface area contributed by atoms with Gasteiger partial charge in [0.2, 0.25) is 0 Å². The number of allylic oxidation sites excluding steroid dienone is 8. The van der Waals surface area contributed by atoms with Crippen LogP contribution < -0.4 is 0 Å². The molecule has 1 N–H and O–H groups in total. The second-order valence-corrected chi connectivity index (χ2v) is 17.2. The number of carbonyl (C=O) groups excluding carboxylic acids is 2. The summed E-state index contributed by atoms with van der Waals surface area (Å²) in [7, 11) is 0. The summed E-state index contributed by atoms with van der Waals surface area (Å²) in [6.07, 6.45) is 65.0. The lowest BCUT2D eigenvalue weighted by atomic mass is 10.0. The third-order valence-electron chi connectivity index (χ3n) is 11.4. The molecule has 344 valence electrons. The van der Waals surface area contributed by atoms with Gasteiger partial charge in [-0.05, 0) is 51.4 Å². The molecular weight excluding hydrogens is 729 g/mol. The first-order chi connectivity index (χ1) is 29.1. The van der Waals surface area contributed by atoms with Crippen LogP contribution in [0, 0.1) is 0 Å². The van der Waals surface area contributed by atoms with Crippen molar-refractivity contribution in [2.75, 3.05) is 13.2 Å². The van der Waals surface area contributed by atoms with E-state index in [-0.39, 0.29) is 25.2 Å². The van der Waals surface area contributed by atoms with Crippen LogP contribution in [0.3, 0.4) is 0 Å². The fourth-order valence-corrected chi connectivity index (χ4v) is 7.55. The standard InChI is InChI=1S/C54H98O5/c1-3-5-7-9-11-13-15-17-19-21-22-23-24-25-26-27-28-29-30-31-32-33-35-37-39-41-43-45-47-49-54(57)59-52(50-55)51-58-53(56)48-46-44-42-40-38-36-34-20-18-16-14-12-10-8-6-4-2/h5,7,11,13,17,19,22-23,52,55H,3-4,6,8-10,12,14-16,18,20-21,24-51H2,1-2H3/b7-5-,13-11-,19-17-,23-22-. The highest BCUT2D eigenvalue weighted by molar-refractivity contribution is 5.70. The van der Waals surface area contributed by atoms with E-state index < -0.39 is 6.10 Å². The summed E-state index contributed by atoms with van der Waals surface area (Å²) in [4.78, 5) is 24.4. The molecule has 0 saturated heterocycles. The molecule has 1 unspecified atom stereocenters. The Hall–Kier alpha value is -2.14. The van der Waals surface area contributed by atoms with Crippen LogP contribution in [0.15, 0.2) is 48.6 Å². The maximum absolute atomic E-state index is 12.3. The number of hydrogen-bond acceptors (Lipinski definition) is 5. The Morgan fingerprint density at radius 2 is 0.729 bits per heavy atom. The second-order valence-electron chi connectivity index (χ2n) is 17.2. The van der Waals surface area contributed by atoms with E-state index in [4.69, 9.17) is 9.47 Å². The molecule has 0 fully saturated rings. The molecular formula is C54H98O5. The average Bonchev–Trinajstić information content (AvgIpc) is 3.24. The highest BCUT2D eigenvalue weighted by Crippen LogP contribution is 2.16. The number of ether oxygens (including phenoxy) is 2. The van der Waals surface area contributed by atoms with E-state index in [1.807, 2.05) is 0 Å². The van der Waals surface area contributed by atoms with Crippen LogP contribution in [0.5, 0.6) is 0 Å². The van der Waals surface area contributed by atoms with Crippen molar-refractivity contribution in [1.29, 1.82) is 0 Å². The number of esters is 2. The van der Waals surface area contributed by atoms with Gasteiger partial charge in [-0.15, -0.1) is 0 Å². The van der Waals surface area contributed by atoms with Crippen LogP contribution >= 0.6 is 0 Å². The van der Waals surface area contributed by atoms with Gasteiger partial charge in [-0.3, -0.25) is 9.59 Å². The molecule has 0 rings (SSSR count). The molecule has 0 aromatic rings. The van der Waals surface area contributed by atoms with E-state index in [1.54, 1.807) is 0 Å². The molecule has 0 radical (unpaired) electrons. The summed E-state index contributed by atoms with van der Waals surface area (Å²) in [6.45, 7) is 4.06. The number of hydrogen-bond donors (Lipinski definition) is 1. The molecule has 0 spiro atoms. The third-order valence-corrected chi connectivity index (χ3v) is 11.4. The number of unbranched alkanes of at least 4 members (excludes halogenated alkanes) is 31. The van der Waals surface area contributed by atoms with Gasteiger partial charge in [-0.1, -0.05) is 249 Å². The van der Waals surface area contributed by atoms with E-state index in [0.29, 0.717) is 12.8 Å². The minimum atomic E-state index is -0.769. The number of carbonyl (C=O) groups is 2. The normalized spacial score (nSPS) is 12.5. The first kappa shape index (κ1) is 56.9. The van der Waals surface area contributed by atoms with Crippen LogP contribution in [0.25, 0.3) is 0 Å². The largest absolute Gasteiger partial charge is 0.462 e. The zero-order chi connectivity index (χ0) is 42.8. The maximum atomic E-state index is 12.3.